The fraction of sp³-hybridized carbons (Fsp3) is 0.400. The van der Waals surface area contributed by atoms with E-state index in [4.69, 9.17) is 15.2 Å². The van der Waals surface area contributed by atoms with Crippen LogP contribution in [0.5, 0.6) is 5.75 Å². The smallest absolute Gasteiger partial charge is 0.408 e. The van der Waals surface area contributed by atoms with Crippen molar-refractivity contribution in [3.63, 3.8) is 0 Å². The van der Waals surface area contributed by atoms with Gasteiger partial charge in [-0.05, 0) is 74.7 Å². The molecule has 1 aromatic heterocycles. The number of aliphatic imine (C=N–C) groups is 1. The monoisotopic (exact) mass is 387 g/mol. The number of hydrogen-bond donors (Lipinski definition) is 2. The van der Waals surface area contributed by atoms with Crippen molar-refractivity contribution in [2.45, 2.75) is 51.9 Å². The number of thiophene rings is 1. The van der Waals surface area contributed by atoms with Gasteiger partial charge >= 0.3 is 6.09 Å². The molecular weight excluding hydrogens is 362 g/mol. The summed E-state index contributed by atoms with van der Waals surface area (Å²) in [5.74, 6) is 1.10. The van der Waals surface area contributed by atoms with Gasteiger partial charge in [0.2, 0.25) is 0 Å². The van der Waals surface area contributed by atoms with E-state index in [1.54, 1.807) is 11.3 Å². The van der Waals surface area contributed by atoms with Crippen LogP contribution in [-0.2, 0) is 10.3 Å². The fourth-order valence-electron chi connectivity index (χ4n) is 2.86. The first-order valence-corrected chi connectivity index (χ1v) is 9.72. The van der Waals surface area contributed by atoms with E-state index in [1.807, 2.05) is 69.6 Å². The Labute approximate surface area is 163 Å². The molecule has 6 nitrogen and oxygen atoms in total. The summed E-state index contributed by atoms with van der Waals surface area (Å²) in [5, 5.41) is 7.00. The standard InChI is InChI=1S/C20H25N3O3S/c1-12-17(21)22-15-10-13(6-7-16(15)25-12)20(5,14-8-9-27-11-14)23-18(24)26-19(2,3)4/h6-12H,1-5H3,(H2,21,22)(H,23,24). The molecule has 7 heteroatoms. The first-order valence-electron chi connectivity index (χ1n) is 8.77. The van der Waals surface area contributed by atoms with Crippen molar-refractivity contribution in [2.75, 3.05) is 0 Å². The summed E-state index contributed by atoms with van der Waals surface area (Å²) in [4.78, 5) is 17.0. The molecule has 0 spiro atoms. The Balaban J connectivity index is 2.01. The number of nitrogens with zero attached hydrogens (tertiary/aromatic N) is 1. The summed E-state index contributed by atoms with van der Waals surface area (Å²) < 4.78 is 11.3. The Morgan fingerprint density at radius 2 is 2.00 bits per heavy atom. The SMILES string of the molecule is CC1Oc2ccc(C(C)(NC(=O)OC(C)(C)C)c3ccsc3)cc2N=C1N. The minimum absolute atomic E-state index is 0.258. The molecule has 2 heterocycles. The minimum atomic E-state index is -0.787. The molecule has 1 amide bonds. The minimum Gasteiger partial charge on any atom is -0.481 e. The fourth-order valence-corrected chi connectivity index (χ4v) is 3.63. The lowest BCUT2D eigenvalue weighted by molar-refractivity contribution is 0.0479. The highest BCUT2D eigenvalue weighted by Gasteiger charge is 2.34. The van der Waals surface area contributed by atoms with Crippen LogP contribution in [0.1, 0.15) is 45.7 Å². The predicted molar refractivity (Wildman–Crippen MR) is 108 cm³/mol. The maximum absolute atomic E-state index is 12.5. The third-order valence-electron chi connectivity index (χ3n) is 4.36. The van der Waals surface area contributed by atoms with Gasteiger partial charge in [-0.2, -0.15) is 11.3 Å². The summed E-state index contributed by atoms with van der Waals surface area (Å²) in [6.07, 6.45) is -0.742. The molecule has 0 saturated heterocycles. The van der Waals surface area contributed by atoms with Gasteiger partial charge in [-0.25, -0.2) is 9.79 Å². The normalized spacial score (nSPS) is 18.6. The maximum Gasteiger partial charge on any atom is 0.408 e. The van der Waals surface area contributed by atoms with Gasteiger partial charge in [0.15, 0.2) is 6.10 Å². The zero-order chi connectivity index (χ0) is 19.8. The average molecular weight is 388 g/mol. The van der Waals surface area contributed by atoms with E-state index < -0.39 is 17.2 Å². The third-order valence-corrected chi connectivity index (χ3v) is 5.04. The topological polar surface area (TPSA) is 85.9 Å². The molecule has 0 aliphatic carbocycles. The third kappa shape index (κ3) is 4.08. The number of fused-ring (bicyclic) bond motifs is 1. The summed E-state index contributed by atoms with van der Waals surface area (Å²) in [6, 6.07) is 7.66. The van der Waals surface area contributed by atoms with Gasteiger partial charge in [0.05, 0.1) is 5.54 Å². The molecule has 2 atom stereocenters. The van der Waals surface area contributed by atoms with E-state index in [1.165, 1.54) is 0 Å². The maximum atomic E-state index is 12.5. The lowest BCUT2D eigenvalue weighted by Crippen LogP contribution is -2.46. The number of rotatable bonds is 3. The van der Waals surface area contributed by atoms with Crippen molar-refractivity contribution in [3.05, 3.63) is 46.2 Å². The van der Waals surface area contributed by atoms with Crippen LogP contribution in [0.4, 0.5) is 10.5 Å². The number of hydrogen-bond acceptors (Lipinski definition) is 6. The molecule has 0 bridgehead atoms. The van der Waals surface area contributed by atoms with Crippen molar-refractivity contribution in [2.24, 2.45) is 10.7 Å². The molecule has 144 valence electrons. The summed E-state index contributed by atoms with van der Waals surface area (Å²) in [6.45, 7) is 9.31. The number of amides is 1. The van der Waals surface area contributed by atoms with E-state index in [0.717, 1.165) is 11.1 Å². The van der Waals surface area contributed by atoms with Gasteiger partial charge in [-0.1, -0.05) is 6.07 Å². The number of amidine groups is 1. The summed E-state index contributed by atoms with van der Waals surface area (Å²) in [5.41, 5.74) is 7.03. The van der Waals surface area contributed by atoms with Gasteiger partial charge in [-0.3, -0.25) is 0 Å². The van der Waals surface area contributed by atoms with Crippen LogP contribution in [0.2, 0.25) is 0 Å². The van der Waals surface area contributed by atoms with Gasteiger partial charge in [0.1, 0.15) is 22.9 Å². The van der Waals surface area contributed by atoms with Crippen molar-refractivity contribution < 1.29 is 14.3 Å². The number of nitrogens with one attached hydrogen (secondary N) is 1. The van der Waals surface area contributed by atoms with Gasteiger partial charge in [0, 0.05) is 0 Å². The zero-order valence-corrected chi connectivity index (χ0v) is 17.0. The average Bonchev–Trinajstić information content (AvgIpc) is 3.08. The van der Waals surface area contributed by atoms with Gasteiger partial charge < -0.3 is 20.5 Å². The first-order chi connectivity index (χ1) is 12.6. The highest BCUT2D eigenvalue weighted by atomic mass is 32.1. The van der Waals surface area contributed by atoms with Crippen LogP contribution in [0, 0.1) is 0 Å². The molecule has 1 aliphatic heterocycles. The van der Waals surface area contributed by atoms with Crippen LogP contribution in [0.3, 0.4) is 0 Å². The Bertz CT molecular complexity index is 871. The summed E-state index contributed by atoms with van der Waals surface area (Å²) in [7, 11) is 0. The second kappa shape index (κ2) is 6.88. The van der Waals surface area contributed by atoms with Crippen LogP contribution < -0.4 is 15.8 Å². The van der Waals surface area contributed by atoms with Crippen molar-refractivity contribution in [3.8, 4) is 5.75 Å². The van der Waals surface area contributed by atoms with Crippen LogP contribution in [0.25, 0.3) is 0 Å². The number of carbonyl (C=O) groups is 1. The number of benzene rings is 1. The molecule has 27 heavy (non-hydrogen) atoms. The van der Waals surface area contributed by atoms with Crippen LogP contribution in [-0.4, -0.2) is 23.6 Å². The van der Waals surface area contributed by atoms with Crippen molar-refractivity contribution >= 4 is 29.0 Å². The second-order valence-electron chi connectivity index (χ2n) is 7.74. The Morgan fingerprint density at radius 1 is 1.26 bits per heavy atom. The second-order valence-corrected chi connectivity index (χ2v) is 8.52. The van der Waals surface area contributed by atoms with Crippen LogP contribution in [0.15, 0.2) is 40.0 Å². The van der Waals surface area contributed by atoms with Gasteiger partial charge in [0.25, 0.3) is 0 Å². The molecular formula is C20H25N3O3S. The van der Waals surface area contributed by atoms with Crippen molar-refractivity contribution in [1.82, 2.24) is 5.32 Å². The van der Waals surface area contributed by atoms with Gasteiger partial charge in [-0.15, -0.1) is 0 Å². The predicted octanol–water partition coefficient (Wildman–Crippen LogP) is 4.31. The molecule has 0 radical (unpaired) electrons. The first kappa shape index (κ1) is 19.2. The molecule has 1 aliphatic rings. The molecule has 0 fully saturated rings. The molecule has 1 aromatic carbocycles. The number of ether oxygens (including phenoxy) is 2. The summed E-state index contributed by atoms with van der Waals surface area (Å²) >= 11 is 1.57. The Kier molecular flexibility index (Phi) is 4.90. The Hall–Kier alpha value is -2.54. The van der Waals surface area contributed by atoms with Crippen LogP contribution >= 0.6 is 11.3 Å². The van der Waals surface area contributed by atoms with E-state index >= 15 is 0 Å². The zero-order valence-electron chi connectivity index (χ0n) is 16.2. The molecule has 2 unspecified atom stereocenters. The van der Waals surface area contributed by atoms with E-state index in [2.05, 4.69) is 10.3 Å². The van der Waals surface area contributed by atoms with E-state index in [-0.39, 0.29) is 6.10 Å². The van der Waals surface area contributed by atoms with Crippen molar-refractivity contribution in [1.29, 1.82) is 0 Å². The molecule has 3 N–H and O–H groups in total. The number of alkyl carbamates (subject to hydrolysis) is 1. The molecule has 0 saturated carbocycles. The van der Waals surface area contributed by atoms with E-state index in [0.29, 0.717) is 17.3 Å². The molecule has 3 rings (SSSR count). The number of carbonyl (C=O) groups excluding carboxylic acids is 1. The number of nitrogens with two attached hydrogens (primary N) is 1. The lowest BCUT2D eigenvalue weighted by Gasteiger charge is -2.33. The molecule has 2 aromatic rings. The van der Waals surface area contributed by atoms with E-state index in [9.17, 15) is 4.79 Å². The highest BCUT2D eigenvalue weighted by Crippen LogP contribution is 2.38. The Morgan fingerprint density at radius 3 is 2.63 bits per heavy atom. The quantitative estimate of drug-likeness (QED) is 0.822. The highest BCUT2D eigenvalue weighted by molar-refractivity contribution is 7.08. The largest absolute Gasteiger partial charge is 0.481 e. The lowest BCUT2D eigenvalue weighted by atomic mass is 9.86.